The smallest absolute Gasteiger partial charge is 0.337 e. The molecule has 34 heavy (non-hydrogen) atoms. The molecule has 0 radical (unpaired) electrons. The SMILES string of the molecule is O=C(CSc1nc(Nc2ccccc2)nc(N2CCOCC2)n1)Nc1ccc(Cl)c(C(=O)O)c1. The molecule has 3 aromatic rings. The minimum atomic E-state index is -1.17. The van der Waals surface area contributed by atoms with Crippen LogP contribution in [0.2, 0.25) is 5.02 Å². The predicted octanol–water partition coefficient (Wildman–Crippen LogP) is 3.53. The lowest BCUT2D eigenvalue weighted by Crippen LogP contribution is -2.37. The van der Waals surface area contributed by atoms with Crippen LogP contribution in [0.5, 0.6) is 0 Å². The number of carbonyl (C=O) groups is 2. The number of nitrogens with zero attached hydrogens (tertiary/aromatic N) is 4. The second-order valence-corrected chi connectivity index (χ2v) is 8.52. The number of rotatable bonds is 8. The van der Waals surface area contributed by atoms with Gasteiger partial charge in [0.05, 0.1) is 29.6 Å². The molecule has 4 rings (SSSR count). The number of para-hydroxylation sites is 1. The van der Waals surface area contributed by atoms with Gasteiger partial charge >= 0.3 is 5.97 Å². The van der Waals surface area contributed by atoms with E-state index in [1.54, 1.807) is 6.07 Å². The monoisotopic (exact) mass is 500 g/mol. The fraction of sp³-hybridized carbons (Fsp3) is 0.227. The van der Waals surface area contributed by atoms with Gasteiger partial charge in [0.1, 0.15) is 0 Å². The first-order chi connectivity index (χ1) is 16.5. The Morgan fingerprint density at radius 3 is 2.56 bits per heavy atom. The van der Waals surface area contributed by atoms with Gasteiger partial charge in [-0.15, -0.1) is 0 Å². The molecule has 0 bridgehead atoms. The molecule has 0 saturated carbocycles. The van der Waals surface area contributed by atoms with Crippen molar-refractivity contribution in [1.82, 2.24) is 15.0 Å². The fourth-order valence-electron chi connectivity index (χ4n) is 3.12. The van der Waals surface area contributed by atoms with Crippen molar-refractivity contribution in [3.63, 3.8) is 0 Å². The van der Waals surface area contributed by atoms with E-state index in [1.165, 1.54) is 12.1 Å². The lowest BCUT2D eigenvalue weighted by atomic mass is 10.2. The van der Waals surface area contributed by atoms with E-state index in [9.17, 15) is 14.7 Å². The summed E-state index contributed by atoms with van der Waals surface area (Å²) in [7, 11) is 0. The fourth-order valence-corrected chi connectivity index (χ4v) is 3.94. The Hall–Kier alpha value is -3.41. The third-order valence-electron chi connectivity index (χ3n) is 4.74. The molecule has 1 amide bonds. The van der Waals surface area contributed by atoms with Crippen molar-refractivity contribution in [3.8, 4) is 0 Å². The zero-order valence-corrected chi connectivity index (χ0v) is 19.5. The number of carboxylic acids is 1. The molecule has 3 N–H and O–H groups in total. The number of aromatic carboxylic acids is 1. The van der Waals surface area contributed by atoms with Gasteiger partial charge in [0.15, 0.2) is 5.16 Å². The summed E-state index contributed by atoms with van der Waals surface area (Å²) >= 11 is 7.03. The van der Waals surface area contributed by atoms with Crippen molar-refractivity contribution in [3.05, 3.63) is 59.1 Å². The summed E-state index contributed by atoms with van der Waals surface area (Å²) in [5, 5.41) is 15.5. The van der Waals surface area contributed by atoms with Crippen LogP contribution in [0.15, 0.2) is 53.7 Å². The van der Waals surface area contributed by atoms with Gasteiger partial charge in [0.25, 0.3) is 0 Å². The number of morpholine rings is 1. The van der Waals surface area contributed by atoms with E-state index in [-0.39, 0.29) is 22.2 Å². The maximum atomic E-state index is 12.5. The molecule has 0 unspecified atom stereocenters. The highest BCUT2D eigenvalue weighted by atomic mass is 35.5. The first-order valence-corrected chi connectivity index (χ1v) is 11.7. The van der Waals surface area contributed by atoms with Gasteiger partial charge in [-0.1, -0.05) is 41.6 Å². The van der Waals surface area contributed by atoms with Crippen LogP contribution in [0.4, 0.5) is 23.3 Å². The summed E-state index contributed by atoms with van der Waals surface area (Å²) in [5.41, 5.74) is 1.08. The molecule has 1 aliphatic rings. The molecule has 1 fully saturated rings. The molecule has 2 heterocycles. The number of nitrogens with one attached hydrogen (secondary N) is 2. The number of aromatic nitrogens is 3. The Kier molecular flexibility index (Phi) is 7.78. The molecule has 0 atom stereocenters. The number of carbonyl (C=O) groups excluding carboxylic acids is 1. The van der Waals surface area contributed by atoms with E-state index < -0.39 is 5.97 Å². The Balaban J connectivity index is 1.47. The maximum Gasteiger partial charge on any atom is 0.337 e. The van der Waals surface area contributed by atoms with Crippen molar-refractivity contribution in [2.75, 3.05) is 47.6 Å². The van der Waals surface area contributed by atoms with E-state index in [1.807, 2.05) is 35.2 Å². The minimum absolute atomic E-state index is 0.0162. The van der Waals surface area contributed by atoms with Crippen LogP contribution in [0.25, 0.3) is 0 Å². The van der Waals surface area contributed by atoms with Crippen LogP contribution >= 0.6 is 23.4 Å². The molecule has 10 nitrogen and oxygen atoms in total. The summed E-state index contributed by atoms with van der Waals surface area (Å²) in [4.78, 5) is 39.3. The van der Waals surface area contributed by atoms with Crippen molar-refractivity contribution < 1.29 is 19.4 Å². The summed E-state index contributed by atoms with van der Waals surface area (Å²) in [6.45, 7) is 2.47. The Morgan fingerprint density at radius 1 is 1.06 bits per heavy atom. The molecule has 176 valence electrons. The second kappa shape index (κ2) is 11.1. The highest BCUT2D eigenvalue weighted by molar-refractivity contribution is 7.99. The summed E-state index contributed by atoms with van der Waals surface area (Å²) in [5.74, 6) is -0.621. The van der Waals surface area contributed by atoms with Gasteiger partial charge in [0.2, 0.25) is 17.8 Å². The lowest BCUT2D eigenvalue weighted by molar-refractivity contribution is -0.113. The topological polar surface area (TPSA) is 130 Å². The van der Waals surface area contributed by atoms with E-state index in [4.69, 9.17) is 16.3 Å². The zero-order valence-electron chi connectivity index (χ0n) is 17.9. The first kappa shape index (κ1) is 23.7. The highest BCUT2D eigenvalue weighted by Crippen LogP contribution is 2.23. The van der Waals surface area contributed by atoms with Crippen molar-refractivity contribution in [1.29, 1.82) is 0 Å². The number of anilines is 4. The van der Waals surface area contributed by atoms with E-state index in [2.05, 4.69) is 25.6 Å². The van der Waals surface area contributed by atoms with Crippen LogP contribution in [-0.4, -0.2) is 64.0 Å². The minimum Gasteiger partial charge on any atom is -0.478 e. The predicted molar refractivity (Wildman–Crippen MR) is 130 cm³/mol. The standard InChI is InChI=1S/C22H21ClN6O4S/c23-17-7-6-15(12-16(17)19(31)32)24-18(30)13-34-22-27-20(25-14-4-2-1-3-5-14)26-21(28-22)29-8-10-33-11-9-29/h1-7,12H,8-11,13H2,(H,24,30)(H,31,32)(H,25,26,27,28). The van der Waals surface area contributed by atoms with E-state index >= 15 is 0 Å². The van der Waals surface area contributed by atoms with E-state index in [0.29, 0.717) is 49.0 Å². The maximum absolute atomic E-state index is 12.5. The van der Waals surface area contributed by atoms with Gasteiger partial charge in [-0.2, -0.15) is 15.0 Å². The van der Waals surface area contributed by atoms with Crippen LogP contribution < -0.4 is 15.5 Å². The van der Waals surface area contributed by atoms with Crippen LogP contribution in [-0.2, 0) is 9.53 Å². The normalized spacial score (nSPS) is 13.4. The van der Waals surface area contributed by atoms with E-state index in [0.717, 1.165) is 17.4 Å². The van der Waals surface area contributed by atoms with Crippen LogP contribution in [0, 0.1) is 0 Å². The highest BCUT2D eigenvalue weighted by Gasteiger charge is 2.18. The van der Waals surface area contributed by atoms with Crippen molar-refractivity contribution in [2.45, 2.75) is 5.16 Å². The third kappa shape index (κ3) is 6.34. The lowest BCUT2D eigenvalue weighted by Gasteiger charge is -2.27. The summed E-state index contributed by atoms with van der Waals surface area (Å²) in [6, 6.07) is 13.8. The summed E-state index contributed by atoms with van der Waals surface area (Å²) in [6.07, 6.45) is 0. The molecule has 1 saturated heterocycles. The Morgan fingerprint density at radius 2 is 1.82 bits per heavy atom. The Bertz CT molecular complexity index is 1180. The molecule has 1 aromatic heterocycles. The average molecular weight is 501 g/mol. The number of thioether (sulfide) groups is 1. The van der Waals surface area contributed by atoms with Gasteiger partial charge in [-0.25, -0.2) is 4.79 Å². The number of benzene rings is 2. The van der Waals surface area contributed by atoms with Gasteiger partial charge < -0.3 is 25.4 Å². The molecule has 2 aromatic carbocycles. The largest absolute Gasteiger partial charge is 0.478 e. The average Bonchev–Trinajstić information content (AvgIpc) is 2.85. The quantitative estimate of drug-likeness (QED) is 0.395. The number of ether oxygens (including phenoxy) is 1. The molecule has 12 heteroatoms. The molecule has 0 spiro atoms. The first-order valence-electron chi connectivity index (χ1n) is 10.3. The van der Waals surface area contributed by atoms with Gasteiger partial charge in [-0.05, 0) is 30.3 Å². The van der Waals surface area contributed by atoms with Gasteiger partial charge in [-0.3, -0.25) is 4.79 Å². The molecule has 0 aliphatic carbocycles. The van der Waals surface area contributed by atoms with Crippen molar-refractivity contribution >= 4 is 58.5 Å². The number of hydrogen-bond acceptors (Lipinski definition) is 9. The number of carboxylic acid groups (broad SMARTS) is 1. The van der Waals surface area contributed by atoms with Gasteiger partial charge in [0, 0.05) is 24.5 Å². The Labute approximate surface area is 204 Å². The summed E-state index contributed by atoms with van der Waals surface area (Å²) < 4.78 is 5.41. The second-order valence-electron chi connectivity index (χ2n) is 7.17. The molecular weight excluding hydrogens is 480 g/mol. The third-order valence-corrected chi connectivity index (χ3v) is 5.92. The molecular formula is C22H21ClN6O4S. The number of halogens is 1. The number of amides is 1. The van der Waals surface area contributed by atoms with Crippen LogP contribution in [0.1, 0.15) is 10.4 Å². The molecule has 1 aliphatic heterocycles. The number of hydrogen-bond donors (Lipinski definition) is 3. The van der Waals surface area contributed by atoms with Crippen LogP contribution in [0.3, 0.4) is 0 Å². The van der Waals surface area contributed by atoms with Crippen molar-refractivity contribution in [2.24, 2.45) is 0 Å². The zero-order chi connectivity index (χ0) is 23.9.